The van der Waals surface area contributed by atoms with E-state index in [1.807, 2.05) is 30.3 Å². The van der Waals surface area contributed by atoms with Gasteiger partial charge in [-0.05, 0) is 31.0 Å². The molecule has 0 saturated heterocycles. The summed E-state index contributed by atoms with van der Waals surface area (Å²) >= 11 is 0. The first kappa shape index (κ1) is 16.6. The number of carbonyl (C=O) groups excluding carboxylic acids is 1. The van der Waals surface area contributed by atoms with Crippen molar-refractivity contribution in [3.63, 3.8) is 0 Å². The van der Waals surface area contributed by atoms with Gasteiger partial charge in [0.05, 0.1) is 11.0 Å². The van der Waals surface area contributed by atoms with Crippen molar-refractivity contribution in [1.82, 2.24) is 0 Å². The number of carbonyl (C=O) groups is 1. The summed E-state index contributed by atoms with van der Waals surface area (Å²) in [6, 6.07) is 13.5. The lowest BCUT2D eigenvalue weighted by Crippen LogP contribution is -2.13. The average Bonchev–Trinajstić information content (AvgIpc) is 2.55. The zero-order chi connectivity index (χ0) is 16.8. The zero-order valence-corrected chi connectivity index (χ0v) is 12.7. The van der Waals surface area contributed by atoms with Crippen molar-refractivity contribution in [1.29, 1.82) is 0 Å². The lowest BCUT2D eigenvalue weighted by molar-refractivity contribution is -0.384. The van der Waals surface area contributed by atoms with Gasteiger partial charge in [0.25, 0.3) is 5.69 Å². The Balaban J connectivity index is 2.36. The van der Waals surface area contributed by atoms with Gasteiger partial charge in [-0.15, -0.1) is 0 Å². The Morgan fingerprint density at radius 1 is 1.26 bits per heavy atom. The molecule has 0 amide bonds. The molecule has 0 heterocycles. The predicted octanol–water partition coefficient (Wildman–Crippen LogP) is 3.33. The number of hydrogen-bond donors (Lipinski definition) is 2. The summed E-state index contributed by atoms with van der Waals surface area (Å²) in [5, 5.41) is 23.6. The van der Waals surface area contributed by atoms with Crippen LogP contribution in [0.4, 0.5) is 11.4 Å². The van der Waals surface area contributed by atoms with Crippen LogP contribution in [-0.2, 0) is 0 Å². The second kappa shape index (κ2) is 7.51. The van der Waals surface area contributed by atoms with Crippen LogP contribution in [0.5, 0.6) is 0 Å². The number of rotatable bonds is 7. The van der Waals surface area contributed by atoms with E-state index in [4.69, 9.17) is 0 Å². The first-order valence-corrected chi connectivity index (χ1v) is 7.24. The van der Waals surface area contributed by atoms with Crippen LogP contribution in [0.15, 0.2) is 48.5 Å². The fourth-order valence-corrected chi connectivity index (χ4v) is 2.35. The van der Waals surface area contributed by atoms with E-state index in [0.717, 1.165) is 5.56 Å². The summed E-state index contributed by atoms with van der Waals surface area (Å²) in [5.41, 5.74) is 1.38. The molecule has 2 aromatic carbocycles. The fourth-order valence-electron chi connectivity index (χ4n) is 2.35. The molecule has 2 aromatic rings. The number of hydrogen-bond acceptors (Lipinski definition) is 5. The summed E-state index contributed by atoms with van der Waals surface area (Å²) in [4.78, 5) is 22.2. The minimum absolute atomic E-state index is 0.0497. The number of anilines is 1. The molecular formula is C17H18N2O4. The third kappa shape index (κ3) is 4.14. The molecule has 0 fully saturated rings. The number of ketones is 1. The molecule has 0 unspecified atom stereocenters. The molecule has 6 heteroatoms. The maximum absolute atomic E-state index is 11.4. The van der Waals surface area contributed by atoms with Crippen LogP contribution in [0.3, 0.4) is 0 Å². The monoisotopic (exact) mass is 314 g/mol. The summed E-state index contributed by atoms with van der Waals surface area (Å²) in [6.45, 7) is 1.32. The Morgan fingerprint density at radius 2 is 1.96 bits per heavy atom. The number of aliphatic hydroxyl groups is 1. The van der Waals surface area contributed by atoms with Crippen molar-refractivity contribution in [3.05, 3.63) is 69.8 Å². The fraction of sp³-hybridized carbons (Fsp3) is 0.235. The Bertz CT molecular complexity index is 701. The highest BCUT2D eigenvalue weighted by Gasteiger charge is 2.19. The number of Topliss-reactive ketones (excluding diaryl/α,β-unsaturated/α-hetero) is 1. The second-order valence-corrected chi connectivity index (χ2v) is 5.17. The highest BCUT2D eigenvalue weighted by atomic mass is 16.6. The molecule has 0 aromatic heterocycles. The van der Waals surface area contributed by atoms with E-state index in [1.54, 1.807) is 6.07 Å². The number of nitrogens with one attached hydrogen (secondary N) is 1. The first-order valence-electron chi connectivity index (χ1n) is 7.24. The molecule has 2 N–H and O–H groups in total. The van der Waals surface area contributed by atoms with Gasteiger partial charge in [-0.25, -0.2) is 0 Å². The van der Waals surface area contributed by atoms with Crippen LogP contribution in [0, 0.1) is 10.1 Å². The predicted molar refractivity (Wildman–Crippen MR) is 87.6 cm³/mol. The lowest BCUT2D eigenvalue weighted by atomic mass is 10.0. The van der Waals surface area contributed by atoms with Crippen LogP contribution in [0.1, 0.15) is 35.3 Å². The number of nitrogens with zero attached hydrogens (tertiary/aromatic N) is 1. The maximum atomic E-state index is 11.4. The second-order valence-electron chi connectivity index (χ2n) is 5.17. The topological polar surface area (TPSA) is 92.5 Å². The highest BCUT2D eigenvalue weighted by Crippen LogP contribution is 2.30. The van der Waals surface area contributed by atoms with Crippen LogP contribution in [0.25, 0.3) is 0 Å². The Morgan fingerprint density at radius 3 is 2.52 bits per heavy atom. The van der Waals surface area contributed by atoms with E-state index in [9.17, 15) is 20.0 Å². The molecule has 23 heavy (non-hydrogen) atoms. The van der Waals surface area contributed by atoms with Crippen molar-refractivity contribution in [3.8, 4) is 0 Å². The lowest BCUT2D eigenvalue weighted by Gasteiger charge is -2.19. The third-order valence-electron chi connectivity index (χ3n) is 3.55. The number of nitro benzene ring substituents is 1. The third-order valence-corrected chi connectivity index (χ3v) is 3.55. The minimum atomic E-state index is -0.518. The van der Waals surface area contributed by atoms with E-state index < -0.39 is 4.92 Å². The van der Waals surface area contributed by atoms with E-state index in [0.29, 0.717) is 17.7 Å². The van der Waals surface area contributed by atoms with Gasteiger partial charge in [-0.3, -0.25) is 14.9 Å². The van der Waals surface area contributed by atoms with Gasteiger partial charge < -0.3 is 10.4 Å². The molecule has 1 atom stereocenters. The summed E-state index contributed by atoms with van der Waals surface area (Å²) in [5.74, 6) is -0.227. The van der Waals surface area contributed by atoms with Crippen LogP contribution in [-0.4, -0.2) is 22.4 Å². The van der Waals surface area contributed by atoms with Crippen LogP contribution < -0.4 is 5.32 Å². The van der Waals surface area contributed by atoms with Crippen molar-refractivity contribution in [2.24, 2.45) is 0 Å². The van der Waals surface area contributed by atoms with Crippen LogP contribution in [0.2, 0.25) is 0 Å². The SMILES string of the molecule is CC(=O)c1ccc(N[C@H](CCO)c2ccccc2)c([N+](=O)[O-])c1. The molecule has 0 aliphatic rings. The largest absolute Gasteiger partial charge is 0.396 e. The molecule has 0 radical (unpaired) electrons. The Hall–Kier alpha value is -2.73. The summed E-state index contributed by atoms with van der Waals surface area (Å²) in [6.07, 6.45) is 0.412. The molecule has 0 saturated carbocycles. The molecule has 0 aliphatic carbocycles. The van der Waals surface area contributed by atoms with Gasteiger partial charge in [0.15, 0.2) is 5.78 Å². The maximum Gasteiger partial charge on any atom is 0.293 e. The molecular weight excluding hydrogens is 296 g/mol. The molecule has 0 bridgehead atoms. The number of aliphatic hydroxyl groups excluding tert-OH is 1. The van der Waals surface area contributed by atoms with E-state index in [2.05, 4.69) is 5.32 Å². The molecule has 0 aliphatic heterocycles. The highest BCUT2D eigenvalue weighted by molar-refractivity contribution is 5.95. The standard InChI is InChI=1S/C17H18N2O4/c1-12(21)14-7-8-16(17(11-14)19(22)23)18-15(9-10-20)13-5-3-2-4-6-13/h2-8,11,15,18,20H,9-10H2,1H3/t15-/m1/s1. The van der Waals surface area contributed by atoms with Crippen LogP contribution >= 0.6 is 0 Å². The van der Waals surface area contributed by atoms with Crippen molar-refractivity contribution in [2.45, 2.75) is 19.4 Å². The van der Waals surface area contributed by atoms with Gasteiger partial charge in [0.2, 0.25) is 0 Å². The zero-order valence-electron chi connectivity index (χ0n) is 12.7. The smallest absolute Gasteiger partial charge is 0.293 e. The molecule has 2 rings (SSSR count). The number of benzene rings is 2. The van der Waals surface area contributed by atoms with Gasteiger partial charge >= 0.3 is 0 Å². The number of nitro groups is 1. The Kier molecular flexibility index (Phi) is 5.43. The van der Waals surface area contributed by atoms with E-state index in [-0.39, 0.29) is 24.1 Å². The van der Waals surface area contributed by atoms with Crippen molar-refractivity contribution < 1.29 is 14.8 Å². The van der Waals surface area contributed by atoms with E-state index >= 15 is 0 Å². The van der Waals surface area contributed by atoms with Crippen molar-refractivity contribution >= 4 is 17.2 Å². The van der Waals surface area contributed by atoms with Gasteiger partial charge in [0.1, 0.15) is 5.69 Å². The minimum Gasteiger partial charge on any atom is -0.396 e. The van der Waals surface area contributed by atoms with E-state index in [1.165, 1.54) is 19.1 Å². The first-order chi connectivity index (χ1) is 11.0. The normalized spacial score (nSPS) is 11.7. The summed E-state index contributed by atoms with van der Waals surface area (Å²) in [7, 11) is 0. The molecule has 120 valence electrons. The molecule has 0 spiro atoms. The Labute approximate surface area is 133 Å². The average molecular weight is 314 g/mol. The van der Waals surface area contributed by atoms with Gasteiger partial charge in [0, 0.05) is 18.2 Å². The van der Waals surface area contributed by atoms with Gasteiger partial charge in [-0.2, -0.15) is 0 Å². The van der Waals surface area contributed by atoms with Gasteiger partial charge in [-0.1, -0.05) is 30.3 Å². The van der Waals surface area contributed by atoms with Crippen molar-refractivity contribution in [2.75, 3.05) is 11.9 Å². The quantitative estimate of drug-likeness (QED) is 0.464. The molecule has 6 nitrogen and oxygen atoms in total. The summed E-state index contributed by atoms with van der Waals surface area (Å²) < 4.78 is 0.